The first-order chi connectivity index (χ1) is 15.4. The molecule has 9 N–H and O–H groups in total. The number of carbonyl (C=O) groups excluding carboxylic acids is 3. The average molecular weight is 488 g/mol. The molecule has 0 aliphatic carbocycles. The number of aliphatic carboxylic acids is 3. The fraction of sp³-hybridized carbons (Fsp3) is 0.471. The topological polar surface area (TPSA) is 254 Å². The first kappa shape index (κ1) is 27.4. The second-order valence-electron chi connectivity index (χ2n) is 6.79. The number of hydrogen-bond donors (Lipinski definition) is 9. The summed E-state index contributed by atoms with van der Waals surface area (Å²) in [7, 11) is 0. The summed E-state index contributed by atoms with van der Waals surface area (Å²) in [6.45, 7) is 0. The van der Waals surface area contributed by atoms with E-state index in [9.17, 15) is 28.8 Å². The molecule has 0 aliphatic rings. The van der Waals surface area contributed by atoms with Crippen LogP contribution in [0.2, 0.25) is 0 Å². The zero-order valence-corrected chi connectivity index (χ0v) is 17.9. The molecule has 1 rings (SSSR count). The molecule has 182 valence electrons. The van der Waals surface area contributed by atoms with Crippen LogP contribution in [0.1, 0.15) is 18.5 Å². The summed E-state index contributed by atoms with van der Waals surface area (Å²) in [5.74, 6) is -7.96. The molecule has 1 aromatic rings. The number of rotatable bonds is 14. The fourth-order valence-electron chi connectivity index (χ4n) is 2.50. The van der Waals surface area contributed by atoms with Gasteiger partial charge in [-0.05, 0) is 0 Å². The number of hydrogen-bond acceptors (Lipinski definition) is 9. The Kier molecular flexibility index (Phi) is 10.8. The van der Waals surface area contributed by atoms with Crippen molar-refractivity contribution in [1.29, 1.82) is 0 Å². The third-order valence-electron chi connectivity index (χ3n) is 4.15. The SMILES string of the molecule is NC(Cc1cnc[nH]1)C(=O)NC(CC(=O)O)C(=O)NC(CC(=O)O)C(=O)NC(CS)C(=O)O. The molecule has 4 atom stereocenters. The lowest BCUT2D eigenvalue weighted by molar-refractivity contribution is -0.144. The van der Waals surface area contributed by atoms with Crippen LogP contribution in [0.15, 0.2) is 12.5 Å². The van der Waals surface area contributed by atoms with Crippen LogP contribution >= 0.6 is 12.6 Å². The summed E-state index contributed by atoms with van der Waals surface area (Å²) in [5.41, 5.74) is 6.26. The Bertz CT molecular complexity index is 878. The number of carboxylic acids is 3. The Morgan fingerprint density at radius 1 is 0.909 bits per heavy atom. The Morgan fingerprint density at radius 2 is 1.39 bits per heavy atom. The minimum atomic E-state index is -1.76. The van der Waals surface area contributed by atoms with Gasteiger partial charge in [0.25, 0.3) is 0 Å². The molecule has 0 saturated heterocycles. The van der Waals surface area contributed by atoms with E-state index < -0.39 is 72.6 Å². The van der Waals surface area contributed by atoms with Crippen molar-refractivity contribution < 1.29 is 44.1 Å². The number of H-pyrrole nitrogens is 1. The second-order valence-corrected chi connectivity index (χ2v) is 7.15. The molecular formula is C17H24N6O9S. The molecule has 0 fully saturated rings. The van der Waals surface area contributed by atoms with Crippen LogP contribution in [-0.4, -0.2) is 90.8 Å². The Labute approximate surface area is 191 Å². The molecular weight excluding hydrogens is 464 g/mol. The standard InChI is InChI=1S/C17H24N6O9S/c18-8(1-7-4-19-6-20-7)14(28)21-9(2-12(24)25)15(29)22-10(3-13(26)27)16(30)23-11(5-33)17(31)32/h4,6,8-11,33H,1-3,5,18H2,(H,19,20)(H,21,28)(H,22,29)(H,23,30)(H,24,25)(H,26,27)(H,31,32). The van der Waals surface area contributed by atoms with Gasteiger partial charge in [0.15, 0.2) is 0 Å². The van der Waals surface area contributed by atoms with Crippen molar-refractivity contribution >= 4 is 48.3 Å². The summed E-state index contributed by atoms with van der Waals surface area (Å²) in [6, 6.07) is -6.11. The molecule has 3 amide bonds. The maximum absolute atomic E-state index is 12.6. The Hall–Kier alpha value is -3.66. The summed E-state index contributed by atoms with van der Waals surface area (Å²) >= 11 is 3.77. The molecule has 4 unspecified atom stereocenters. The first-order valence-electron chi connectivity index (χ1n) is 9.35. The molecule has 0 saturated carbocycles. The number of carbonyl (C=O) groups is 6. The summed E-state index contributed by atoms with van der Waals surface area (Å²) in [5, 5.41) is 33.3. The molecule has 15 nitrogen and oxygen atoms in total. The van der Waals surface area contributed by atoms with Crippen LogP contribution in [0.4, 0.5) is 0 Å². The molecule has 0 spiro atoms. The Balaban J connectivity index is 2.93. The van der Waals surface area contributed by atoms with E-state index in [4.69, 9.17) is 21.1 Å². The van der Waals surface area contributed by atoms with Gasteiger partial charge in [0.1, 0.15) is 18.1 Å². The monoisotopic (exact) mass is 488 g/mol. The van der Waals surface area contributed by atoms with Gasteiger partial charge in [0, 0.05) is 24.1 Å². The lowest BCUT2D eigenvalue weighted by atomic mass is 10.1. The van der Waals surface area contributed by atoms with Gasteiger partial charge in [-0.1, -0.05) is 0 Å². The highest BCUT2D eigenvalue weighted by Crippen LogP contribution is 2.02. The molecule has 33 heavy (non-hydrogen) atoms. The van der Waals surface area contributed by atoms with Gasteiger partial charge in [-0.15, -0.1) is 0 Å². The number of imidazole rings is 1. The summed E-state index contributed by atoms with van der Waals surface area (Å²) in [6.07, 6.45) is 0.932. The van der Waals surface area contributed by atoms with E-state index >= 15 is 0 Å². The normalized spacial score (nSPS) is 14.2. The first-order valence-corrected chi connectivity index (χ1v) is 9.99. The van der Waals surface area contributed by atoms with E-state index in [1.807, 2.05) is 10.6 Å². The highest BCUT2D eigenvalue weighted by molar-refractivity contribution is 7.80. The summed E-state index contributed by atoms with van der Waals surface area (Å²) < 4.78 is 0. The van der Waals surface area contributed by atoms with E-state index in [0.717, 1.165) is 0 Å². The van der Waals surface area contributed by atoms with Crippen LogP contribution in [0.25, 0.3) is 0 Å². The quantitative estimate of drug-likeness (QED) is 0.117. The molecule has 0 aliphatic heterocycles. The zero-order valence-electron chi connectivity index (χ0n) is 17.1. The van der Waals surface area contributed by atoms with Gasteiger partial charge >= 0.3 is 17.9 Å². The number of nitrogens with two attached hydrogens (primary N) is 1. The number of carboxylic acid groups (broad SMARTS) is 3. The van der Waals surface area contributed by atoms with Crippen molar-refractivity contribution in [2.24, 2.45) is 5.73 Å². The van der Waals surface area contributed by atoms with Crippen molar-refractivity contribution in [3.05, 3.63) is 18.2 Å². The zero-order chi connectivity index (χ0) is 25.1. The van der Waals surface area contributed by atoms with Crippen LogP contribution < -0.4 is 21.7 Å². The van der Waals surface area contributed by atoms with E-state index in [1.165, 1.54) is 12.5 Å². The maximum atomic E-state index is 12.6. The number of aromatic nitrogens is 2. The number of thiol groups is 1. The molecule has 1 heterocycles. The third kappa shape index (κ3) is 9.56. The van der Waals surface area contributed by atoms with Gasteiger partial charge < -0.3 is 42.0 Å². The molecule has 0 aromatic carbocycles. The fourth-order valence-corrected chi connectivity index (χ4v) is 2.75. The average Bonchev–Trinajstić information content (AvgIpc) is 3.22. The minimum Gasteiger partial charge on any atom is -0.481 e. The van der Waals surface area contributed by atoms with Crippen molar-refractivity contribution in [3.8, 4) is 0 Å². The summed E-state index contributed by atoms with van der Waals surface area (Å²) in [4.78, 5) is 77.0. The third-order valence-corrected chi connectivity index (χ3v) is 4.52. The van der Waals surface area contributed by atoms with Gasteiger partial charge in [-0.2, -0.15) is 12.6 Å². The maximum Gasteiger partial charge on any atom is 0.327 e. The van der Waals surface area contributed by atoms with Gasteiger partial charge in [-0.25, -0.2) is 9.78 Å². The van der Waals surface area contributed by atoms with E-state index in [2.05, 4.69) is 27.9 Å². The Morgan fingerprint density at radius 3 is 1.79 bits per heavy atom. The lowest BCUT2D eigenvalue weighted by Crippen LogP contribution is -2.58. The second kappa shape index (κ2) is 13.0. The smallest absolute Gasteiger partial charge is 0.327 e. The molecule has 16 heteroatoms. The number of nitrogens with zero attached hydrogens (tertiary/aromatic N) is 1. The minimum absolute atomic E-state index is 0.00239. The molecule has 1 aromatic heterocycles. The van der Waals surface area contributed by atoms with E-state index in [0.29, 0.717) is 5.69 Å². The van der Waals surface area contributed by atoms with Crippen molar-refractivity contribution in [3.63, 3.8) is 0 Å². The molecule has 0 radical (unpaired) electrons. The lowest BCUT2D eigenvalue weighted by Gasteiger charge is -2.23. The van der Waals surface area contributed by atoms with Crippen molar-refractivity contribution in [2.75, 3.05) is 5.75 Å². The van der Waals surface area contributed by atoms with Crippen LogP contribution in [0.3, 0.4) is 0 Å². The van der Waals surface area contributed by atoms with Crippen LogP contribution in [-0.2, 0) is 35.2 Å². The van der Waals surface area contributed by atoms with Crippen molar-refractivity contribution in [1.82, 2.24) is 25.9 Å². The van der Waals surface area contributed by atoms with E-state index in [1.54, 1.807) is 0 Å². The van der Waals surface area contributed by atoms with Gasteiger partial charge in [0.2, 0.25) is 17.7 Å². The number of aromatic amines is 1. The number of amides is 3. The largest absolute Gasteiger partial charge is 0.481 e. The van der Waals surface area contributed by atoms with Gasteiger partial charge in [0.05, 0.1) is 25.2 Å². The highest BCUT2D eigenvalue weighted by Gasteiger charge is 2.32. The highest BCUT2D eigenvalue weighted by atomic mass is 32.1. The predicted molar refractivity (Wildman–Crippen MR) is 112 cm³/mol. The van der Waals surface area contributed by atoms with Crippen LogP contribution in [0, 0.1) is 0 Å². The predicted octanol–water partition coefficient (Wildman–Crippen LogP) is -3.30. The van der Waals surface area contributed by atoms with E-state index in [-0.39, 0.29) is 12.2 Å². The van der Waals surface area contributed by atoms with Crippen LogP contribution in [0.5, 0.6) is 0 Å². The number of nitrogens with one attached hydrogen (secondary N) is 4. The molecule has 0 bridgehead atoms. The van der Waals surface area contributed by atoms with Crippen molar-refractivity contribution in [2.45, 2.75) is 43.4 Å². The van der Waals surface area contributed by atoms with Gasteiger partial charge in [-0.3, -0.25) is 24.0 Å².